The number of nitrogens with two attached hydrogens (primary N) is 1. The van der Waals surface area contributed by atoms with Crippen molar-refractivity contribution >= 4 is 11.9 Å². The Kier molecular flexibility index (Phi) is 3.68. The molecule has 15 heavy (non-hydrogen) atoms. The smallest absolute Gasteiger partial charge is 0.303 e. The maximum atomic E-state index is 11.6. The molecule has 1 fully saturated rings. The summed E-state index contributed by atoms with van der Waals surface area (Å²) in [5.74, 6) is -0.727. The number of nitrogens with one attached hydrogen (secondary N) is 1. The number of carboxylic acid groups (broad SMARTS) is 1. The number of hydrogen-bond acceptors (Lipinski definition) is 3. The zero-order valence-corrected chi connectivity index (χ0v) is 8.95. The Morgan fingerprint density at radius 3 is 2.60 bits per heavy atom. The number of amides is 1. The highest BCUT2D eigenvalue weighted by molar-refractivity contribution is 5.86. The number of carboxylic acids is 1. The van der Waals surface area contributed by atoms with Gasteiger partial charge in [0.25, 0.3) is 0 Å². The second-order valence-electron chi connectivity index (χ2n) is 4.31. The van der Waals surface area contributed by atoms with Crippen LogP contribution >= 0.6 is 0 Å². The van der Waals surface area contributed by atoms with Crippen molar-refractivity contribution in [2.24, 2.45) is 11.7 Å². The summed E-state index contributed by atoms with van der Waals surface area (Å²) in [5, 5.41) is 11.1. The number of hydrogen-bond donors (Lipinski definition) is 3. The van der Waals surface area contributed by atoms with Crippen LogP contribution in [0.15, 0.2) is 0 Å². The summed E-state index contributed by atoms with van der Waals surface area (Å²) in [6, 6.07) is 0. The Hall–Kier alpha value is -1.10. The molecule has 1 amide bonds. The molecule has 4 N–H and O–H groups in total. The zero-order valence-electron chi connectivity index (χ0n) is 8.95. The Morgan fingerprint density at radius 2 is 2.13 bits per heavy atom. The van der Waals surface area contributed by atoms with Crippen molar-refractivity contribution in [3.8, 4) is 0 Å². The van der Waals surface area contributed by atoms with Gasteiger partial charge >= 0.3 is 5.97 Å². The van der Waals surface area contributed by atoms with Crippen molar-refractivity contribution in [1.82, 2.24) is 5.32 Å². The van der Waals surface area contributed by atoms with Gasteiger partial charge in [-0.2, -0.15) is 0 Å². The van der Waals surface area contributed by atoms with E-state index in [1.807, 2.05) is 0 Å². The average molecular weight is 214 g/mol. The Bertz CT molecular complexity index is 259. The van der Waals surface area contributed by atoms with E-state index in [1.54, 1.807) is 6.92 Å². The summed E-state index contributed by atoms with van der Waals surface area (Å²) in [5.41, 5.74) is 5.09. The van der Waals surface area contributed by atoms with E-state index in [-0.39, 0.29) is 18.2 Å². The van der Waals surface area contributed by atoms with Gasteiger partial charge in [-0.1, -0.05) is 0 Å². The molecule has 1 aliphatic rings. The number of carbonyl (C=O) groups is 2. The third-order valence-electron chi connectivity index (χ3n) is 2.77. The third kappa shape index (κ3) is 3.51. The van der Waals surface area contributed by atoms with E-state index in [2.05, 4.69) is 5.32 Å². The molecule has 0 aromatic rings. The van der Waals surface area contributed by atoms with Gasteiger partial charge in [-0.25, -0.2) is 0 Å². The molecule has 0 aliphatic heterocycles. The molecule has 5 heteroatoms. The van der Waals surface area contributed by atoms with Crippen LogP contribution in [0.25, 0.3) is 0 Å². The minimum absolute atomic E-state index is 0.0744. The SMILES string of the molecule is CC(N)(C(=O)NCCCC(=O)O)C1CC1. The van der Waals surface area contributed by atoms with Gasteiger partial charge in [-0.3, -0.25) is 9.59 Å². The van der Waals surface area contributed by atoms with Crippen LogP contribution in [0.5, 0.6) is 0 Å². The number of carbonyl (C=O) groups excluding carboxylic acids is 1. The molecule has 0 aromatic carbocycles. The van der Waals surface area contributed by atoms with Crippen molar-refractivity contribution < 1.29 is 14.7 Å². The molecule has 0 heterocycles. The van der Waals surface area contributed by atoms with Crippen LogP contribution in [-0.2, 0) is 9.59 Å². The highest BCUT2D eigenvalue weighted by Gasteiger charge is 2.43. The normalized spacial score (nSPS) is 19.3. The molecule has 1 unspecified atom stereocenters. The standard InChI is InChI=1S/C10H18N2O3/c1-10(11,7-4-5-7)9(15)12-6-2-3-8(13)14/h7H,2-6,11H2,1H3,(H,12,15)(H,13,14). The van der Waals surface area contributed by atoms with Gasteiger partial charge in [-0.05, 0) is 32.1 Å². The number of aliphatic carboxylic acids is 1. The van der Waals surface area contributed by atoms with Crippen LogP contribution < -0.4 is 11.1 Å². The predicted molar refractivity (Wildman–Crippen MR) is 55.2 cm³/mol. The second-order valence-corrected chi connectivity index (χ2v) is 4.31. The van der Waals surface area contributed by atoms with Gasteiger partial charge in [0, 0.05) is 13.0 Å². The van der Waals surface area contributed by atoms with Crippen LogP contribution in [0.1, 0.15) is 32.6 Å². The summed E-state index contributed by atoms with van der Waals surface area (Å²) in [6.45, 7) is 2.11. The van der Waals surface area contributed by atoms with Crippen LogP contribution in [0.4, 0.5) is 0 Å². The van der Waals surface area contributed by atoms with Gasteiger partial charge in [0.1, 0.15) is 0 Å². The first-order valence-electron chi connectivity index (χ1n) is 5.23. The molecule has 1 aliphatic carbocycles. The highest BCUT2D eigenvalue weighted by atomic mass is 16.4. The van der Waals surface area contributed by atoms with Crippen molar-refractivity contribution in [1.29, 1.82) is 0 Å². The van der Waals surface area contributed by atoms with E-state index >= 15 is 0 Å². The molecule has 0 radical (unpaired) electrons. The lowest BCUT2D eigenvalue weighted by Crippen LogP contribution is -2.53. The van der Waals surface area contributed by atoms with Gasteiger partial charge in [0.15, 0.2) is 0 Å². The summed E-state index contributed by atoms with van der Waals surface area (Å²) < 4.78 is 0. The van der Waals surface area contributed by atoms with Crippen molar-refractivity contribution in [3.63, 3.8) is 0 Å². The molecular formula is C10H18N2O3. The predicted octanol–water partition coefficient (Wildman–Crippen LogP) is 0.0948. The van der Waals surface area contributed by atoms with Gasteiger partial charge in [0.05, 0.1) is 5.54 Å². The molecule has 86 valence electrons. The molecule has 0 bridgehead atoms. The van der Waals surface area contributed by atoms with E-state index < -0.39 is 11.5 Å². The molecule has 1 saturated carbocycles. The highest BCUT2D eigenvalue weighted by Crippen LogP contribution is 2.37. The fourth-order valence-electron chi connectivity index (χ4n) is 1.50. The van der Waals surface area contributed by atoms with E-state index in [4.69, 9.17) is 10.8 Å². The fraction of sp³-hybridized carbons (Fsp3) is 0.800. The van der Waals surface area contributed by atoms with E-state index in [9.17, 15) is 9.59 Å². The minimum Gasteiger partial charge on any atom is -0.481 e. The summed E-state index contributed by atoms with van der Waals surface area (Å²) in [4.78, 5) is 21.8. The molecule has 1 atom stereocenters. The first-order valence-corrected chi connectivity index (χ1v) is 5.23. The summed E-state index contributed by atoms with van der Waals surface area (Å²) >= 11 is 0. The number of rotatable bonds is 6. The van der Waals surface area contributed by atoms with Gasteiger partial charge in [0.2, 0.25) is 5.91 Å². The quantitative estimate of drug-likeness (QED) is 0.546. The Labute approximate surface area is 89.0 Å². The molecule has 5 nitrogen and oxygen atoms in total. The Balaban J connectivity index is 2.20. The first-order chi connectivity index (χ1) is 6.94. The lowest BCUT2D eigenvalue weighted by molar-refractivity contribution is -0.137. The monoisotopic (exact) mass is 214 g/mol. The lowest BCUT2D eigenvalue weighted by Gasteiger charge is -2.22. The van der Waals surface area contributed by atoms with Gasteiger partial charge in [-0.15, -0.1) is 0 Å². The topological polar surface area (TPSA) is 92.4 Å². The van der Waals surface area contributed by atoms with E-state index in [0.717, 1.165) is 12.8 Å². The van der Waals surface area contributed by atoms with Gasteiger partial charge < -0.3 is 16.2 Å². The van der Waals surface area contributed by atoms with Crippen molar-refractivity contribution in [3.05, 3.63) is 0 Å². The van der Waals surface area contributed by atoms with Crippen LogP contribution in [0.3, 0.4) is 0 Å². The molecular weight excluding hydrogens is 196 g/mol. The maximum Gasteiger partial charge on any atom is 0.303 e. The first kappa shape index (κ1) is 12.0. The fourth-order valence-corrected chi connectivity index (χ4v) is 1.50. The minimum atomic E-state index is -0.845. The molecule has 0 spiro atoms. The molecule has 1 rings (SSSR count). The van der Waals surface area contributed by atoms with Crippen LogP contribution in [0, 0.1) is 5.92 Å². The van der Waals surface area contributed by atoms with E-state index in [1.165, 1.54) is 0 Å². The van der Waals surface area contributed by atoms with Crippen molar-refractivity contribution in [2.75, 3.05) is 6.54 Å². The van der Waals surface area contributed by atoms with Crippen LogP contribution in [-0.4, -0.2) is 29.1 Å². The van der Waals surface area contributed by atoms with Crippen LogP contribution in [0.2, 0.25) is 0 Å². The zero-order chi connectivity index (χ0) is 11.5. The lowest BCUT2D eigenvalue weighted by atomic mass is 9.96. The maximum absolute atomic E-state index is 11.6. The summed E-state index contributed by atoms with van der Waals surface area (Å²) in [6.07, 6.45) is 2.54. The summed E-state index contributed by atoms with van der Waals surface area (Å²) in [7, 11) is 0. The Morgan fingerprint density at radius 1 is 1.53 bits per heavy atom. The second kappa shape index (κ2) is 4.61. The molecule has 0 aromatic heterocycles. The average Bonchev–Trinajstić information content (AvgIpc) is 2.94. The van der Waals surface area contributed by atoms with Crippen molar-refractivity contribution in [2.45, 2.75) is 38.1 Å². The van der Waals surface area contributed by atoms with E-state index in [0.29, 0.717) is 13.0 Å². The largest absolute Gasteiger partial charge is 0.481 e. The molecule has 0 saturated heterocycles. The third-order valence-corrected chi connectivity index (χ3v) is 2.77.